The molecule has 2 atom stereocenters. The molecule has 2 aliphatic heterocycles. The monoisotopic (exact) mass is 1140 g/mol. The van der Waals surface area contributed by atoms with Gasteiger partial charge in [0.2, 0.25) is 11.8 Å². The topological polar surface area (TPSA) is 268 Å². The number of fused-ring (bicyclic) bond motifs is 2. The second-order valence-electron chi connectivity index (χ2n) is 23.3. The van der Waals surface area contributed by atoms with Crippen LogP contribution in [0.2, 0.25) is 5.02 Å². The summed E-state index contributed by atoms with van der Waals surface area (Å²) in [6.07, 6.45) is 16.5. The lowest BCUT2D eigenvalue weighted by Gasteiger charge is -2.28. The number of carbonyl (C=O) groups excluding carboxylic acids is 3. The van der Waals surface area contributed by atoms with Crippen LogP contribution in [0.1, 0.15) is 108 Å². The molecule has 434 valence electrons. The standard InChI is InChI=1S/C28H36ClN7O3.C27H31N9O.C6H7N/c1-6-17-11-18(29)12-21(35-10-9-28(5,14-35)25(37)33-19-7-8-19)20(17)13-36-16-32-22-23(30-15-31-24(22)36)34-26(38)39-27(2,3)4;1-2-17-11-18(21-5-3-4-9-30-21)12-22(35-10-8-27(29,14-35)26(37)34-19-6-7-19)20(17)13-36-16-33-23-24(28)31-15-32-25(23)36;1-6-4-2-3-5-7-6/h11-12,15-16,19H,6-10,13-14H2,1-5H3,(H,33,37)(H,30,31,34,38);3-5,9,11-12,15-16,19H,2,6-8,10,13-14,29H2,1H3,(H,34,37)(H2,28,31,32);2-5H,1H3/t28-;27-;/m01./s1. The SMILES string of the molecule is CCc1cc(-c2ccccn2)cc(N2CC[C@](N)(C(=O)NC3CC3)C2)c1Cn1cnc2c(N)ncnc21.CCc1cc(Cl)cc(N2CC[C@](C)(C(=O)NC3CC3)C2)c1Cn1cnc2c(NC(=O)OC(C)(C)C)ncnc21.Cc1ccccn1. The average molecular weight is 1140 g/mol. The van der Waals surface area contributed by atoms with Crippen LogP contribution in [-0.2, 0) is 40.3 Å². The number of nitrogen functional groups attached to an aromatic ring is 1. The van der Waals surface area contributed by atoms with E-state index < -0.39 is 22.6 Å². The minimum Gasteiger partial charge on any atom is -0.444 e. The Bertz CT molecular complexity index is 3640. The molecule has 0 unspecified atom stereocenters. The number of nitrogens with one attached hydrogen (secondary N) is 3. The summed E-state index contributed by atoms with van der Waals surface area (Å²) in [7, 11) is 0. The van der Waals surface area contributed by atoms with Gasteiger partial charge in [0, 0.05) is 78.3 Å². The molecule has 8 heterocycles. The molecule has 4 aliphatic rings. The second kappa shape index (κ2) is 24.3. The summed E-state index contributed by atoms with van der Waals surface area (Å²) in [6, 6.07) is 20.8. The number of aryl methyl sites for hydroxylation is 3. The van der Waals surface area contributed by atoms with Gasteiger partial charge in [0.1, 0.15) is 29.3 Å². The lowest BCUT2D eigenvalue weighted by Crippen LogP contribution is -2.56. The van der Waals surface area contributed by atoms with Gasteiger partial charge in [-0.05, 0) is 157 Å². The highest BCUT2D eigenvalue weighted by Crippen LogP contribution is 2.40. The van der Waals surface area contributed by atoms with E-state index in [2.05, 4.69) is 98.5 Å². The minimum absolute atomic E-state index is 0.0524. The zero-order chi connectivity index (χ0) is 58.6. The maximum absolute atomic E-state index is 13.0. The zero-order valence-corrected chi connectivity index (χ0v) is 49.1. The van der Waals surface area contributed by atoms with Crippen molar-refractivity contribution in [1.82, 2.24) is 59.6 Å². The molecule has 2 saturated heterocycles. The summed E-state index contributed by atoms with van der Waals surface area (Å²) in [6.45, 7) is 17.3. The Morgan fingerprint density at radius 1 is 0.711 bits per heavy atom. The van der Waals surface area contributed by atoms with Gasteiger partial charge in [-0.25, -0.2) is 34.7 Å². The van der Waals surface area contributed by atoms with Crippen molar-refractivity contribution in [2.45, 2.75) is 136 Å². The predicted molar refractivity (Wildman–Crippen MR) is 323 cm³/mol. The van der Waals surface area contributed by atoms with E-state index in [1.54, 1.807) is 45.8 Å². The number of anilines is 4. The van der Waals surface area contributed by atoms with Crippen LogP contribution >= 0.6 is 11.6 Å². The maximum atomic E-state index is 13.0. The highest BCUT2D eigenvalue weighted by Gasteiger charge is 2.45. The Labute approximate surface area is 488 Å². The van der Waals surface area contributed by atoms with Crippen molar-refractivity contribution in [1.29, 1.82) is 0 Å². The van der Waals surface area contributed by atoms with Gasteiger partial charge in [-0.1, -0.05) is 37.6 Å². The molecule has 8 aromatic rings. The third-order valence-electron chi connectivity index (χ3n) is 15.5. The summed E-state index contributed by atoms with van der Waals surface area (Å²) >= 11 is 6.58. The van der Waals surface area contributed by atoms with E-state index in [1.807, 2.05) is 64.6 Å². The van der Waals surface area contributed by atoms with Gasteiger partial charge in [-0.2, -0.15) is 0 Å². The first-order valence-corrected chi connectivity index (χ1v) is 28.9. The minimum atomic E-state index is -0.920. The van der Waals surface area contributed by atoms with E-state index in [9.17, 15) is 14.4 Å². The number of hydrogen-bond acceptors (Lipinski definition) is 16. The molecule has 6 aromatic heterocycles. The van der Waals surface area contributed by atoms with Crippen LogP contribution in [0.15, 0.2) is 98.4 Å². The number of halogens is 1. The highest BCUT2D eigenvalue weighted by molar-refractivity contribution is 6.31. The fourth-order valence-corrected chi connectivity index (χ4v) is 10.9. The Morgan fingerprint density at radius 2 is 1.30 bits per heavy atom. The number of pyridine rings is 2. The molecule has 0 radical (unpaired) electrons. The molecule has 22 heteroatoms. The normalized spacial score (nSPS) is 18.5. The molecule has 3 amide bonds. The molecule has 4 fully saturated rings. The van der Waals surface area contributed by atoms with Crippen molar-refractivity contribution in [2.24, 2.45) is 11.1 Å². The van der Waals surface area contributed by atoms with Crippen LogP contribution in [0.4, 0.5) is 27.8 Å². The Kier molecular flexibility index (Phi) is 16.9. The molecular formula is C61H74ClN17O4. The maximum Gasteiger partial charge on any atom is 0.413 e. The van der Waals surface area contributed by atoms with Gasteiger partial charge >= 0.3 is 6.09 Å². The van der Waals surface area contributed by atoms with Crippen LogP contribution in [0.5, 0.6) is 0 Å². The number of nitrogens with zero attached hydrogens (tertiary/aromatic N) is 12. The van der Waals surface area contributed by atoms with E-state index in [0.717, 1.165) is 96.5 Å². The predicted octanol–water partition coefficient (Wildman–Crippen LogP) is 8.59. The number of hydrogen-bond donors (Lipinski definition) is 5. The number of amides is 3. The van der Waals surface area contributed by atoms with Crippen molar-refractivity contribution < 1.29 is 19.1 Å². The summed E-state index contributed by atoms with van der Waals surface area (Å²) in [5, 5.41) is 9.65. The van der Waals surface area contributed by atoms with E-state index in [1.165, 1.54) is 18.2 Å². The molecule has 83 heavy (non-hydrogen) atoms. The second-order valence-corrected chi connectivity index (χ2v) is 23.8. The summed E-state index contributed by atoms with van der Waals surface area (Å²) in [5.74, 6) is 0.730. The number of imidazole rings is 2. The fourth-order valence-electron chi connectivity index (χ4n) is 10.6. The molecule has 2 saturated carbocycles. The third kappa shape index (κ3) is 13.6. The molecule has 0 bridgehead atoms. The number of nitrogens with two attached hydrogens (primary N) is 2. The summed E-state index contributed by atoms with van der Waals surface area (Å²) < 4.78 is 9.31. The van der Waals surface area contributed by atoms with Gasteiger partial charge in [-0.15, -0.1) is 0 Å². The highest BCUT2D eigenvalue weighted by atomic mass is 35.5. The summed E-state index contributed by atoms with van der Waals surface area (Å²) in [5.41, 5.74) is 22.7. The molecule has 2 aliphatic carbocycles. The third-order valence-corrected chi connectivity index (χ3v) is 15.7. The van der Waals surface area contributed by atoms with Gasteiger partial charge < -0.3 is 45.8 Å². The zero-order valence-electron chi connectivity index (χ0n) is 48.3. The first-order chi connectivity index (χ1) is 39.8. The quantitative estimate of drug-likeness (QED) is 0.0682. The van der Waals surface area contributed by atoms with Crippen molar-refractivity contribution >= 4 is 74.8 Å². The lowest BCUT2D eigenvalue weighted by molar-refractivity contribution is -0.129. The molecule has 7 N–H and O–H groups in total. The summed E-state index contributed by atoms with van der Waals surface area (Å²) in [4.78, 5) is 77.7. The van der Waals surface area contributed by atoms with Crippen LogP contribution in [-0.4, -0.2) is 116 Å². The smallest absolute Gasteiger partial charge is 0.413 e. The van der Waals surface area contributed by atoms with Crippen molar-refractivity contribution in [2.75, 3.05) is 47.0 Å². The first-order valence-electron chi connectivity index (χ1n) is 28.5. The van der Waals surface area contributed by atoms with Crippen molar-refractivity contribution in [3.05, 3.63) is 131 Å². The molecule has 12 rings (SSSR count). The van der Waals surface area contributed by atoms with Crippen LogP contribution in [0, 0.1) is 12.3 Å². The molecule has 21 nitrogen and oxygen atoms in total. The number of carbonyl (C=O) groups is 3. The fraction of sp³-hybridized carbons (Fsp3) is 0.426. The van der Waals surface area contributed by atoms with Crippen LogP contribution < -0.4 is 37.2 Å². The number of benzene rings is 2. The molecular weight excluding hydrogens is 1070 g/mol. The van der Waals surface area contributed by atoms with E-state index >= 15 is 0 Å². The lowest BCUT2D eigenvalue weighted by atomic mass is 9.88. The van der Waals surface area contributed by atoms with Gasteiger partial charge in [0.15, 0.2) is 28.4 Å². The van der Waals surface area contributed by atoms with Crippen molar-refractivity contribution in [3.8, 4) is 11.3 Å². The van der Waals surface area contributed by atoms with E-state index in [0.29, 0.717) is 78.4 Å². The number of rotatable bonds is 14. The van der Waals surface area contributed by atoms with Gasteiger partial charge in [-0.3, -0.25) is 24.9 Å². The molecule has 2 aromatic carbocycles. The largest absolute Gasteiger partial charge is 0.444 e. The van der Waals surface area contributed by atoms with E-state index in [-0.39, 0.29) is 23.7 Å². The van der Waals surface area contributed by atoms with E-state index in [4.69, 9.17) is 27.8 Å². The van der Waals surface area contributed by atoms with Crippen LogP contribution in [0.3, 0.4) is 0 Å². The van der Waals surface area contributed by atoms with Crippen molar-refractivity contribution in [3.63, 3.8) is 0 Å². The Morgan fingerprint density at radius 3 is 1.90 bits per heavy atom. The Balaban J connectivity index is 0.000000166. The van der Waals surface area contributed by atoms with Gasteiger partial charge in [0.05, 0.1) is 36.9 Å². The molecule has 0 spiro atoms. The van der Waals surface area contributed by atoms with Crippen LogP contribution in [0.25, 0.3) is 33.6 Å². The number of aromatic nitrogens is 10. The van der Waals surface area contributed by atoms with Gasteiger partial charge in [0.25, 0.3) is 0 Å². The first kappa shape index (κ1) is 57.9. The average Bonchev–Trinajstić information content (AvgIpc) is 4.45. The number of ether oxygens (including phenoxy) is 1. The Hall–Kier alpha value is -8.30.